The average Bonchev–Trinajstić information content (AvgIpc) is 2.92. The molecule has 0 bridgehead atoms. The molecule has 1 aliphatic carbocycles. The maximum Gasteiger partial charge on any atom is 0.223 e. The molecule has 0 saturated heterocycles. The van der Waals surface area contributed by atoms with Gasteiger partial charge in [-0.3, -0.25) is 4.79 Å². The maximum atomic E-state index is 12.1. The Morgan fingerprint density at radius 2 is 2.15 bits per heavy atom. The van der Waals surface area contributed by atoms with Crippen LogP contribution in [0.2, 0.25) is 0 Å². The molecule has 1 heterocycles. The van der Waals surface area contributed by atoms with Gasteiger partial charge in [-0.15, -0.1) is 11.3 Å². The van der Waals surface area contributed by atoms with E-state index in [0.717, 1.165) is 19.3 Å². The minimum Gasteiger partial charge on any atom is -0.354 e. The number of rotatable bonds is 5. The number of carbonyl (C=O) groups is 1. The minimum absolute atomic E-state index is 0.180. The van der Waals surface area contributed by atoms with E-state index in [1.165, 1.54) is 11.3 Å². The smallest absolute Gasteiger partial charge is 0.223 e. The summed E-state index contributed by atoms with van der Waals surface area (Å²) in [5, 5.41) is 8.86. The van der Waals surface area contributed by atoms with Gasteiger partial charge in [0.15, 0.2) is 0 Å². The monoisotopic (exact) mass is 294 g/mol. The van der Waals surface area contributed by atoms with E-state index in [4.69, 9.17) is 0 Å². The van der Waals surface area contributed by atoms with Crippen LogP contribution in [0.1, 0.15) is 57.4 Å². The van der Waals surface area contributed by atoms with Crippen molar-refractivity contribution in [2.45, 2.75) is 64.6 Å². The van der Waals surface area contributed by atoms with Crippen LogP contribution in [0.5, 0.6) is 0 Å². The molecule has 4 heteroatoms. The molecule has 3 nitrogen and oxygen atoms in total. The molecule has 1 aromatic rings. The van der Waals surface area contributed by atoms with Gasteiger partial charge in [0.2, 0.25) is 5.91 Å². The lowest BCUT2D eigenvalue weighted by molar-refractivity contribution is -0.126. The Balaban J connectivity index is 1.85. The molecule has 2 N–H and O–H groups in total. The summed E-state index contributed by atoms with van der Waals surface area (Å²) >= 11 is 1.79. The Bertz CT molecular complexity index is 416. The molecule has 20 heavy (non-hydrogen) atoms. The Kier molecular flexibility index (Phi) is 5.61. The van der Waals surface area contributed by atoms with Gasteiger partial charge in [-0.2, -0.15) is 0 Å². The van der Waals surface area contributed by atoms with Crippen LogP contribution in [0, 0.1) is 5.92 Å². The van der Waals surface area contributed by atoms with Gasteiger partial charge < -0.3 is 10.6 Å². The van der Waals surface area contributed by atoms with Gasteiger partial charge >= 0.3 is 0 Å². The van der Waals surface area contributed by atoms with E-state index >= 15 is 0 Å². The van der Waals surface area contributed by atoms with Gasteiger partial charge in [0, 0.05) is 28.9 Å². The SMILES string of the molecule is CC(C)NC(=O)[C@@H]1CCC[C@@H](N[C@@H](C)c2cccs2)C1. The highest BCUT2D eigenvalue weighted by atomic mass is 32.1. The summed E-state index contributed by atoms with van der Waals surface area (Å²) < 4.78 is 0. The molecule has 1 aliphatic rings. The lowest BCUT2D eigenvalue weighted by Crippen LogP contribution is -2.42. The molecule has 0 aliphatic heterocycles. The molecule has 1 amide bonds. The molecule has 0 radical (unpaired) electrons. The lowest BCUT2D eigenvalue weighted by atomic mass is 9.84. The van der Waals surface area contributed by atoms with E-state index in [0.29, 0.717) is 12.1 Å². The molecule has 112 valence electrons. The molecule has 1 fully saturated rings. The van der Waals surface area contributed by atoms with Gasteiger partial charge in [0.05, 0.1) is 0 Å². The highest BCUT2D eigenvalue weighted by Gasteiger charge is 2.28. The van der Waals surface area contributed by atoms with E-state index < -0.39 is 0 Å². The Morgan fingerprint density at radius 3 is 2.80 bits per heavy atom. The Hall–Kier alpha value is -0.870. The quantitative estimate of drug-likeness (QED) is 0.873. The van der Waals surface area contributed by atoms with Crippen molar-refractivity contribution in [3.63, 3.8) is 0 Å². The van der Waals surface area contributed by atoms with Crippen LogP contribution in [0.15, 0.2) is 17.5 Å². The summed E-state index contributed by atoms with van der Waals surface area (Å²) in [5.41, 5.74) is 0. The van der Waals surface area contributed by atoms with Crippen LogP contribution in [0.25, 0.3) is 0 Å². The van der Waals surface area contributed by atoms with E-state index in [-0.39, 0.29) is 17.9 Å². The van der Waals surface area contributed by atoms with E-state index in [1.807, 2.05) is 13.8 Å². The second-order valence-corrected chi connectivity index (χ2v) is 7.11. The van der Waals surface area contributed by atoms with Crippen molar-refractivity contribution in [1.82, 2.24) is 10.6 Å². The minimum atomic E-state index is 0.180. The number of hydrogen-bond donors (Lipinski definition) is 2. The zero-order valence-corrected chi connectivity index (χ0v) is 13.5. The summed E-state index contributed by atoms with van der Waals surface area (Å²) in [6.07, 6.45) is 4.32. The summed E-state index contributed by atoms with van der Waals surface area (Å²) in [6.45, 7) is 6.26. The topological polar surface area (TPSA) is 41.1 Å². The van der Waals surface area contributed by atoms with E-state index in [2.05, 4.69) is 35.1 Å². The molecule has 3 atom stereocenters. The maximum absolute atomic E-state index is 12.1. The first-order valence-electron chi connectivity index (χ1n) is 7.66. The largest absolute Gasteiger partial charge is 0.354 e. The fraction of sp³-hybridized carbons (Fsp3) is 0.688. The van der Waals surface area contributed by atoms with Gasteiger partial charge in [-0.1, -0.05) is 12.5 Å². The summed E-state index contributed by atoms with van der Waals surface area (Å²) in [6, 6.07) is 5.35. The lowest BCUT2D eigenvalue weighted by Gasteiger charge is -2.31. The number of thiophene rings is 1. The number of amides is 1. The number of carbonyl (C=O) groups excluding carboxylic acids is 1. The van der Waals surface area contributed by atoms with Crippen molar-refractivity contribution in [1.29, 1.82) is 0 Å². The molecule has 1 aromatic heterocycles. The van der Waals surface area contributed by atoms with Gasteiger partial charge in [-0.05, 0) is 51.5 Å². The van der Waals surface area contributed by atoms with Crippen molar-refractivity contribution in [2.75, 3.05) is 0 Å². The van der Waals surface area contributed by atoms with Crippen molar-refractivity contribution >= 4 is 17.2 Å². The van der Waals surface area contributed by atoms with Crippen LogP contribution < -0.4 is 10.6 Å². The third-order valence-electron chi connectivity index (χ3n) is 3.93. The molecule has 2 rings (SSSR count). The third kappa shape index (κ3) is 4.32. The Morgan fingerprint density at radius 1 is 1.35 bits per heavy atom. The van der Waals surface area contributed by atoms with Crippen molar-refractivity contribution in [3.8, 4) is 0 Å². The summed E-state index contributed by atoms with van der Waals surface area (Å²) in [4.78, 5) is 13.5. The fourth-order valence-electron chi connectivity index (χ4n) is 2.96. The van der Waals surface area contributed by atoms with Crippen LogP contribution in [-0.2, 0) is 4.79 Å². The number of nitrogens with one attached hydrogen (secondary N) is 2. The van der Waals surface area contributed by atoms with Crippen molar-refractivity contribution in [2.24, 2.45) is 5.92 Å². The summed E-state index contributed by atoms with van der Waals surface area (Å²) in [5.74, 6) is 0.412. The van der Waals surface area contributed by atoms with Gasteiger partial charge in [-0.25, -0.2) is 0 Å². The van der Waals surface area contributed by atoms with Gasteiger partial charge in [0.25, 0.3) is 0 Å². The number of hydrogen-bond acceptors (Lipinski definition) is 3. The first-order valence-corrected chi connectivity index (χ1v) is 8.54. The van der Waals surface area contributed by atoms with Crippen LogP contribution in [0.3, 0.4) is 0 Å². The molecule has 0 spiro atoms. The first kappa shape index (κ1) is 15.5. The standard InChI is InChI=1S/C16H26N2OS/c1-11(2)17-16(19)13-6-4-7-14(10-13)18-12(3)15-8-5-9-20-15/h5,8-9,11-14,18H,4,6-7,10H2,1-3H3,(H,17,19)/t12-,13+,14+/m0/s1. The zero-order valence-electron chi connectivity index (χ0n) is 12.7. The Labute approximate surface area is 126 Å². The highest BCUT2D eigenvalue weighted by Crippen LogP contribution is 2.27. The van der Waals surface area contributed by atoms with Gasteiger partial charge in [0.1, 0.15) is 0 Å². The van der Waals surface area contributed by atoms with Crippen LogP contribution in [-0.4, -0.2) is 18.0 Å². The molecular formula is C16H26N2OS. The molecular weight excluding hydrogens is 268 g/mol. The van der Waals surface area contributed by atoms with E-state index in [1.54, 1.807) is 11.3 Å². The van der Waals surface area contributed by atoms with Crippen molar-refractivity contribution < 1.29 is 4.79 Å². The van der Waals surface area contributed by atoms with Crippen LogP contribution in [0.4, 0.5) is 0 Å². The zero-order chi connectivity index (χ0) is 14.5. The third-order valence-corrected chi connectivity index (χ3v) is 4.99. The van der Waals surface area contributed by atoms with E-state index in [9.17, 15) is 4.79 Å². The summed E-state index contributed by atoms with van der Waals surface area (Å²) in [7, 11) is 0. The molecule has 0 aromatic carbocycles. The highest BCUT2D eigenvalue weighted by molar-refractivity contribution is 7.10. The second kappa shape index (κ2) is 7.23. The fourth-order valence-corrected chi connectivity index (χ4v) is 3.70. The normalized spacial score (nSPS) is 24.6. The second-order valence-electron chi connectivity index (χ2n) is 6.13. The first-order chi connectivity index (χ1) is 9.56. The predicted octanol–water partition coefficient (Wildman–Crippen LogP) is 3.48. The average molecular weight is 294 g/mol. The van der Waals surface area contributed by atoms with Crippen molar-refractivity contribution in [3.05, 3.63) is 22.4 Å². The predicted molar refractivity (Wildman–Crippen MR) is 84.9 cm³/mol. The molecule has 1 saturated carbocycles. The van der Waals surface area contributed by atoms with Crippen LogP contribution >= 0.6 is 11.3 Å². The molecule has 0 unspecified atom stereocenters.